The van der Waals surface area contributed by atoms with Gasteiger partial charge in [0.05, 0.1) is 24.3 Å². The van der Waals surface area contributed by atoms with Crippen molar-refractivity contribution in [1.29, 1.82) is 0 Å². The van der Waals surface area contributed by atoms with E-state index in [-0.39, 0.29) is 36.0 Å². The smallest absolute Gasteiger partial charge is 0.408 e. The molecule has 2 saturated carbocycles. The van der Waals surface area contributed by atoms with Gasteiger partial charge in [0.2, 0.25) is 0 Å². The van der Waals surface area contributed by atoms with E-state index >= 15 is 0 Å². The normalized spacial score (nSPS) is 32.8. The molecule has 44 heavy (non-hydrogen) atoms. The fourth-order valence-corrected chi connectivity index (χ4v) is 7.43. The number of allylic oxidation sites excluding steroid dienone is 2. The number of amides is 1. The standard InChI is InChI=1S/C34H47NO9/c1-20-12-15-25-33(5,17-16-26(37)34(25,6)19-36)23(20)14-13-22-24(18-42-29(22)39)43-30(40)28(38)27(21-10-8-7-9-11-21)35-31(41)44-32(2,3)4/h7-11,13,23-28,36-38H,1,12,14-19H2,2-6H3,(H,35,41)/b22-13+/t23-,24?,25?,26?,27-,28?,33+,34-/m0/s1. The zero-order valence-corrected chi connectivity index (χ0v) is 26.4. The minimum absolute atomic E-state index is 0.0250. The highest BCUT2D eigenvalue weighted by atomic mass is 16.6. The van der Waals surface area contributed by atoms with Gasteiger partial charge in [0.1, 0.15) is 12.2 Å². The third kappa shape index (κ3) is 6.87. The fourth-order valence-electron chi connectivity index (χ4n) is 7.43. The second-order valence-corrected chi connectivity index (χ2v) is 13.9. The molecule has 1 aromatic rings. The van der Waals surface area contributed by atoms with Crippen LogP contribution in [0.2, 0.25) is 0 Å². The molecule has 1 saturated heterocycles. The van der Waals surface area contributed by atoms with Crippen molar-refractivity contribution in [3.05, 3.63) is 59.7 Å². The number of cyclic esters (lactones) is 1. The lowest BCUT2D eigenvalue weighted by molar-refractivity contribution is -0.159. The molecule has 242 valence electrons. The molecule has 1 amide bonds. The molecule has 0 spiro atoms. The molecule has 1 heterocycles. The van der Waals surface area contributed by atoms with Crippen LogP contribution in [0.1, 0.15) is 78.3 Å². The first-order chi connectivity index (χ1) is 20.6. The van der Waals surface area contributed by atoms with E-state index in [1.807, 2.05) is 6.92 Å². The molecular weight excluding hydrogens is 566 g/mol. The van der Waals surface area contributed by atoms with Crippen LogP contribution in [0, 0.1) is 22.7 Å². The Hall–Kier alpha value is -3.21. The summed E-state index contributed by atoms with van der Waals surface area (Å²) < 4.78 is 16.2. The van der Waals surface area contributed by atoms with Gasteiger partial charge >= 0.3 is 18.0 Å². The predicted molar refractivity (Wildman–Crippen MR) is 162 cm³/mol. The molecule has 4 rings (SSSR count). The maximum absolute atomic E-state index is 13.2. The van der Waals surface area contributed by atoms with Crippen LogP contribution < -0.4 is 5.32 Å². The number of alkyl carbamates (subject to hydrolysis) is 1. The van der Waals surface area contributed by atoms with Crippen molar-refractivity contribution in [1.82, 2.24) is 5.32 Å². The Balaban J connectivity index is 1.51. The number of aliphatic hydroxyl groups is 3. The summed E-state index contributed by atoms with van der Waals surface area (Å²) in [6.45, 7) is 13.2. The maximum atomic E-state index is 13.2. The average Bonchev–Trinajstić information content (AvgIpc) is 3.31. The molecule has 1 aliphatic heterocycles. The Morgan fingerprint density at radius 3 is 2.52 bits per heavy atom. The van der Waals surface area contributed by atoms with Crippen molar-refractivity contribution in [3.8, 4) is 0 Å². The minimum Gasteiger partial charge on any atom is -0.458 e. The van der Waals surface area contributed by atoms with Crippen LogP contribution in [0.3, 0.4) is 0 Å². The molecule has 10 heteroatoms. The summed E-state index contributed by atoms with van der Waals surface area (Å²) in [6, 6.07) is 7.32. The number of hydrogen-bond acceptors (Lipinski definition) is 9. The number of carbonyl (C=O) groups is 3. The van der Waals surface area contributed by atoms with Crippen molar-refractivity contribution in [3.63, 3.8) is 0 Å². The van der Waals surface area contributed by atoms with E-state index in [1.165, 1.54) is 0 Å². The summed E-state index contributed by atoms with van der Waals surface area (Å²) in [4.78, 5) is 38.6. The highest BCUT2D eigenvalue weighted by Gasteiger charge is 2.57. The van der Waals surface area contributed by atoms with Crippen molar-refractivity contribution in [2.45, 2.75) is 96.7 Å². The van der Waals surface area contributed by atoms with E-state index < -0.39 is 53.4 Å². The summed E-state index contributed by atoms with van der Waals surface area (Å²) in [5.41, 5.74) is -0.00423. The number of esters is 2. The van der Waals surface area contributed by atoms with Crippen molar-refractivity contribution in [2.24, 2.45) is 22.7 Å². The van der Waals surface area contributed by atoms with Crippen LogP contribution in [0.4, 0.5) is 4.79 Å². The lowest BCUT2D eigenvalue weighted by atomic mass is 9.46. The van der Waals surface area contributed by atoms with Crippen LogP contribution in [-0.4, -0.2) is 70.5 Å². The summed E-state index contributed by atoms with van der Waals surface area (Å²) in [6.07, 6.45) is 0.795. The first-order valence-corrected chi connectivity index (χ1v) is 15.4. The number of aliphatic hydroxyl groups excluding tert-OH is 3. The first kappa shape index (κ1) is 33.7. The molecular formula is C34H47NO9. The number of hydrogen-bond donors (Lipinski definition) is 4. The highest BCUT2D eigenvalue weighted by Crippen LogP contribution is 2.61. The zero-order valence-electron chi connectivity index (χ0n) is 26.4. The molecule has 0 bridgehead atoms. The fraction of sp³-hybridized carbons (Fsp3) is 0.618. The molecule has 0 aromatic heterocycles. The Labute approximate surface area is 259 Å². The molecule has 0 radical (unpaired) electrons. The third-order valence-electron chi connectivity index (χ3n) is 9.86. The average molecular weight is 614 g/mol. The first-order valence-electron chi connectivity index (χ1n) is 15.4. The second kappa shape index (κ2) is 13.0. The molecule has 4 N–H and O–H groups in total. The summed E-state index contributed by atoms with van der Waals surface area (Å²) >= 11 is 0. The lowest BCUT2D eigenvalue weighted by Crippen LogP contribution is -2.57. The van der Waals surface area contributed by atoms with Gasteiger partial charge in [-0.15, -0.1) is 0 Å². The SMILES string of the molecule is C=C1CCC2[C@](C)(CO)C(O)CC[C@]2(C)[C@H]1C/C=C1/C(=O)OCC1OC(=O)C(O)[C@@H](NC(=O)OC(C)(C)C)c1ccccc1. The van der Waals surface area contributed by atoms with E-state index in [0.29, 0.717) is 18.4 Å². The van der Waals surface area contributed by atoms with E-state index in [0.717, 1.165) is 24.8 Å². The maximum Gasteiger partial charge on any atom is 0.408 e. The van der Waals surface area contributed by atoms with Gasteiger partial charge in [0, 0.05) is 5.41 Å². The summed E-state index contributed by atoms with van der Waals surface area (Å²) in [7, 11) is 0. The van der Waals surface area contributed by atoms with Crippen LogP contribution in [0.25, 0.3) is 0 Å². The number of carbonyl (C=O) groups excluding carboxylic acids is 3. The number of ether oxygens (including phenoxy) is 3. The molecule has 3 aliphatic rings. The molecule has 8 atom stereocenters. The van der Waals surface area contributed by atoms with Gasteiger partial charge in [-0.05, 0) is 75.7 Å². The second-order valence-electron chi connectivity index (χ2n) is 13.9. The van der Waals surface area contributed by atoms with Gasteiger partial charge in [-0.25, -0.2) is 14.4 Å². The Morgan fingerprint density at radius 2 is 1.89 bits per heavy atom. The van der Waals surface area contributed by atoms with Crippen LogP contribution in [-0.2, 0) is 23.8 Å². The molecule has 1 aromatic carbocycles. The number of nitrogens with one attached hydrogen (secondary N) is 1. The van der Waals surface area contributed by atoms with E-state index in [4.69, 9.17) is 14.2 Å². The lowest BCUT2D eigenvalue weighted by Gasteiger charge is -2.59. The van der Waals surface area contributed by atoms with Gasteiger partial charge in [0.15, 0.2) is 12.2 Å². The molecule has 3 fully saturated rings. The Morgan fingerprint density at radius 1 is 1.20 bits per heavy atom. The van der Waals surface area contributed by atoms with Gasteiger partial charge in [0.25, 0.3) is 0 Å². The molecule has 10 nitrogen and oxygen atoms in total. The van der Waals surface area contributed by atoms with Crippen LogP contribution in [0.15, 0.2) is 54.1 Å². The highest BCUT2D eigenvalue weighted by molar-refractivity contribution is 5.92. The number of fused-ring (bicyclic) bond motifs is 1. The predicted octanol–water partition coefficient (Wildman–Crippen LogP) is 4.14. The van der Waals surface area contributed by atoms with Gasteiger partial charge in [-0.2, -0.15) is 0 Å². The number of benzene rings is 1. The van der Waals surface area contributed by atoms with Crippen molar-refractivity contribution < 1.29 is 43.9 Å². The number of rotatable bonds is 8. The topological polar surface area (TPSA) is 152 Å². The van der Waals surface area contributed by atoms with Gasteiger partial charge in [-0.1, -0.05) is 62.4 Å². The molecule has 2 aliphatic carbocycles. The Bertz CT molecular complexity index is 1270. The van der Waals surface area contributed by atoms with Crippen molar-refractivity contribution >= 4 is 18.0 Å². The van der Waals surface area contributed by atoms with Crippen molar-refractivity contribution in [2.75, 3.05) is 13.2 Å². The monoisotopic (exact) mass is 613 g/mol. The summed E-state index contributed by atoms with van der Waals surface area (Å²) in [5, 5.41) is 34.7. The van der Waals surface area contributed by atoms with E-state index in [2.05, 4.69) is 18.8 Å². The largest absolute Gasteiger partial charge is 0.458 e. The van der Waals surface area contributed by atoms with E-state index in [9.17, 15) is 29.7 Å². The Kier molecular flexibility index (Phi) is 9.97. The van der Waals surface area contributed by atoms with Gasteiger partial charge < -0.3 is 34.8 Å². The zero-order chi connectivity index (χ0) is 32.4. The van der Waals surface area contributed by atoms with Crippen LogP contribution in [0.5, 0.6) is 0 Å². The van der Waals surface area contributed by atoms with E-state index in [1.54, 1.807) is 57.2 Å². The quantitative estimate of drug-likeness (QED) is 0.147. The van der Waals surface area contributed by atoms with Crippen LogP contribution >= 0.6 is 0 Å². The third-order valence-corrected chi connectivity index (χ3v) is 9.86. The molecule has 4 unspecified atom stereocenters. The minimum atomic E-state index is -1.80. The summed E-state index contributed by atoms with van der Waals surface area (Å²) in [5.74, 6) is -1.60. The van der Waals surface area contributed by atoms with Gasteiger partial charge in [-0.3, -0.25) is 0 Å².